The number of nitrogens with two attached hydrogens (primary N) is 1. The summed E-state index contributed by atoms with van der Waals surface area (Å²) in [6.07, 6.45) is 0. The molecule has 0 aliphatic carbocycles. The molecule has 0 unspecified atom stereocenters. The molecule has 0 aliphatic rings. The van der Waals surface area contributed by atoms with Crippen LogP contribution in [0.2, 0.25) is 0 Å². The summed E-state index contributed by atoms with van der Waals surface area (Å²) in [6.45, 7) is 0.955. The Balaban J connectivity index is 1.79. The van der Waals surface area contributed by atoms with Gasteiger partial charge in [-0.05, 0) is 58.4 Å². The van der Waals surface area contributed by atoms with E-state index in [9.17, 15) is 0 Å². The summed E-state index contributed by atoms with van der Waals surface area (Å²) in [4.78, 5) is 0. The second-order valence-corrected chi connectivity index (χ2v) is 5.61. The van der Waals surface area contributed by atoms with E-state index in [0.29, 0.717) is 13.2 Å². The fourth-order valence-corrected chi connectivity index (χ4v) is 2.63. The van der Waals surface area contributed by atoms with Crippen LogP contribution in [0.1, 0.15) is 0 Å². The Morgan fingerprint density at radius 2 is 1.58 bits per heavy atom. The summed E-state index contributed by atoms with van der Waals surface area (Å²) in [6, 6.07) is 13.1. The topological polar surface area (TPSA) is 44.5 Å². The fraction of sp³-hybridized carbons (Fsp3) is 0.143. The highest BCUT2D eigenvalue weighted by molar-refractivity contribution is 9.11. The van der Waals surface area contributed by atoms with Gasteiger partial charge in [0.15, 0.2) is 0 Å². The Bertz CT molecular complexity index is 544. The van der Waals surface area contributed by atoms with Gasteiger partial charge in [0.25, 0.3) is 0 Å². The number of benzene rings is 2. The second-order valence-electron chi connectivity index (χ2n) is 3.84. The maximum atomic E-state index is 5.62. The van der Waals surface area contributed by atoms with E-state index < -0.39 is 0 Å². The van der Waals surface area contributed by atoms with Gasteiger partial charge in [-0.2, -0.15) is 0 Å². The lowest BCUT2D eigenvalue weighted by Gasteiger charge is -2.10. The van der Waals surface area contributed by atoms with Crippen LogP contribution in [0.3, 0.4) is 0 Å². The largest absolute Gasteiger partial charge is 0.490 e. The molecule has 0 aromatic heterocycles. The molecule has 3 nitrogen and oxygen atoms in total. The van der Waals surface area contributed by atoms with Gasteiger partial charge in [-0.15, -0.1) is 0 Å². The molecule has 2 N–H and O–H groups in total. The molecule has 0 radical (unpaired) electrons. The molecular formula is C14H13Br2NO2. The van der Waals surface area contributed by atoms with Gasteiger partial charge in [-0.1, -0.05) is 15.9 Å². The van der Waals surface area contributed by atoms with E-state index in [-0.39, 0.29) is 0 Å². The minimum Gasteiger partial charge on any atom is -0.490 e. The molecule has 0 amide bonds. The van der Waals surface area contributed by atoms with E-state index in [2.05, 4.69) is 31.9 Å². The molecule has 0 saturated heterocycles. The molecule has 19 heavy (non-hydrogen) atoms. The fourth-order valence-electron chi connectivity index (χ4n) is 1.47. The van der Waals surface area contributed by atoms with Crippen molar-refractivity contribution in [2.75, 3.05) is 18.9 Å². The maximum absolute atomic E-state index is 5.62. The molecule has 0 aliphatic heterocycles. The first-order valence-corrected chi connectivity index (χ1v) is 7.30. The van der Waals surface area contributed by atoms with Crippen molar-refractivity contribution in [3.8, 4) is 11.5 Å². The van der Waals surface area contributed by atoms with Gasteiger partial charge in [0.1, 0.15) is 24.7 Å². The van der Waals surface area contributed by atoms with Crippen molar-refractivity contribution in [3.63, 3.8) is 0 Å². The van der Waals surface area contributed by atoms with Crippen molar-refractivity contribution in [2.45, 2.75) is 0 Å². The van der Waals surface area contributed by atoms with Crippen molar-refractivity contribution in [1.29, 1.82) is 0 Å². The van der Waals surface area contributed by atoms with Gasteiger partial charge in [0.05, 0.1) is 4.47 Å². The van der Waals surface area contributed by atoms with E-state index in [1.165, 1.54) is 0 Å². The highest BCUT2D eigenvalue weighted by Crippen LogP contribution is 2.28. The minimum atomic E-state index is 0.477. The lowest BCUT2D eigenvalue weighted by Crippen LogP contribution is -2.09. The van der Waals surface area contributed by atoms with Crippen LogP contribution in [-0.4, -0.2) is 13.2 Å². The third kappa shape index (κ3) is 4.44. The third-order valence-corrected chi connectivity index (χ3v) is 3.50. The van der Waals surface area contributed by atoms with Crippen molar-refractivity contribution in [2.24, 2.45) is 0 Å². The molecule has 2 aromatic carbocycles. The Kier molecular flexibility index (Phi) is 5.10. The van der Waals surface area contributed by atoms with Crippen LogP contribution in [0.15, 0.2) is 51.4 Å². The molecule has 0 bridgehead atoms. The predicted octanol–water partition coefficient (Wildman–Crippen LogP) is 4.25. The van der Waals surface area contributed by atoms with Gasteiger partial charge < -0.3 is 15.2 Å². The number of hydrogen-bond acceptors (Lipinski definition) is 3. The van der Waals surface area contributed by atoms with E-state index in [0.717, 1.165) is 26.1 Å². The average molecular weight is 387 g/mol. The molecule has 100 valence electrons. The number of rotatable bonds is 5. The molecule has 0 saturated carbocycles. The summed E-state index contributed by atoms with van der Waals surface area (Å²) in [5, 5.41) is 0. The maximum Gasteiger partial charge on any atom is 0.133 e. The normalized spacial score (nSPS) is 10.2. The SMILES string of the molecule is Nc1ccc(OCCOc2ccc(Br)cc2Br)cc1. The summed E-state index contributed by atoms with van der Waals surface area (Å²) in [5.74, 6) is 1.58. The van der Waals surface area contributed by atoms with Crippen LogP contribution in [0, 0.1) is 0 Å². The number of ether oxygens (including phenoxy) is 2. The highest BCUT2D eigenvalue weighted by Gasteiger charge is 2.01. The molecule has 0 heterocycles. The summed E-state index contributed by atoms with van der Waals surface area (Å²) < 4.78 is 13.1. The van der Waals surface area contributed by atoms with Gasteiger partial charge in [0.2, 0.25) is 0 Å². The van der Waals surface area contributed by atoms with E-state index >= 15 is 0 Å². The molecule has 2 rings (SSSR count). The quantitative estimate of drug-likeness (QED) is 0.617. The van der Waals surface area contributed by atoms with Crippen molar-refractivity contribution >= 4 is 37.5 Å². The number of hydrogen-bond donors (Lipinski definition) is 1. The first kappa shape index (κ1) is 14.2. The van der Waals surface area contributed by atoms with Crippen LogP contribution in [0.25, 0.3) is 0 Å². The standard InChI is InChI=1S/C14H13Br2NO2/c15-10-1-6-14(13(16)9-10)19-8-7-18-12-4-2-11(17)3-5-12/h1-6,9H,7-8,17H2. The van der Waals surface area contributed by atoms with Crippen LogP contribution in [-0.2, 0) is 0 Å². The molecule has 0 atom stereocenters. The smallest absolute Gasteiger partial charge is 0.133 e. The highest BCUT2D eigenvalue weighted by atomic mass is 79.9. The average Bonchev–Trinajstić information content (AvgIpc) is 2.39. The Hall–Kier alpha value is -1.20. The van der Waals surface area contributed by atoms with Gasteiger partial charge in [-0.3, -0.25) is 0 Å². The van der Waals surface area contributed by atoms with Crippen molar-refractivity contribution in [1.82, 2.24) is 0 Å². The first-order chi connectivity index (χ1) is 9.15. The van der Waals surface area contributed by atoms with Crippen molar-refractivity contribution < 1.29 is 9.47 Å². The Morgan fingerprint density at radius 1 is 0.895 bits per heavy atom. The molecule has 0 spiro atoms. The van der Waals surface area contributed by atoms with Crippen LogP contribution < -0.4 is 15.2 Å². The molecule has 2 aromatic rings. The van der Waals surface area contributed by atoms with Crippen molar-refractivity contribution in [3.05, 3.63) is 51.4 Å². The monoisotopic (exact) mass is 385 g/mol. The van der Waals surface area contributed by atoms with E-state index in [1.54, 1.807) is 0 Å². The molecular weight excluding hydrogens is 374 g/mol. The molecule has 5 heteroatoms. The Morgan fingerprint density at radius 3 is 2.26 bits per heavy atom. The van der Waals surface area contributed by atoms with Gasteiger partial charge in [0, 0.05) is 10.2 Å². The lowest BCUT2D eigenvalue weighted by molar-refractivity contribution is 0.216. The van der Waals surface area contributed by atoms with Crippen LogP contribution in [0.5, 0.6) is 11.5 Å². The van der Waals surface area contributed by atoms with Gasteiger partial charge in [-0.25, -0.2) is 0 Å². The molecule has 0 fully saturated rings. The van der Waals surface area contributed by atoms with Crippen LogP contribution in [0.4, 0.5) is 5.69 Å². The second kappa shape index (κ2) is 6.82. The number of halogens is 2. The lowest BCUT2D eigenvalue weighted by atomic mass is 10.3. The minimum absolute atomic E-state index is 0.477. The first-order valence-electron chi connectivity index (χ1n) is 5.71. The zero-order chi connectivity index (χ0) is 13.7. The van der Waals surface area contributed by atoms with E-state index in [4.69, 9.17) is 15.2 Å². The summed E-state index contributed by atoms with van der Waals surface area (Å²) >= 11 is 6.84. The summed E-state index contributed by atoms with van der Waals surface area (Å²) in [5.41, 5.74) is 6.32. The summed E-state index contributed by atoms with van der Waals surface area (Å²) in [7, 11) is 0. The number of nitrogen functional groups attached to an aromatic ring is 1. The van der Waals surface area contributed by atoms with E-state index in [1.807, 2.05) is 42.5 Å². The zero-order valence-corrected chi connectivity index (χ0v) is 13.3. The third-order valence-electron chi connectivity index (χ3n) is 2.38. The number of anilines is 1. The Labute approximate surface area is 129 Å². The van der Waals surface area contributed by atoms with Gasteiger partial charge >= 0.3 is 0 Å². The zero-order valence-electron chi connectivity index (χ0n) is 10.1. The predicted molar refractivity (Wildman–Crippen MR) is 83.7 cm³/mol. The van der Waals surface area contributed by atoms with Crippen LogP contribution >= 0.6 is 31.9 Å².